The van der Waals surface area contributed by atoms with Gasteiger partial charge in [-0.1, -0.05) is 0 Å². The minimum absolute atomic E-state index is 0.310. The average Bonchev–Trinajstić information content (AvgIpc) is 2.58. The second kappa shape index (κ2) is 5.69. The standard InChI is InChI=1S/C15H17NO3/c1-4-19-15(17)12-7-11-8-13(18-3)5-6-14(11)10(2)16-9-12/h5-8H,4,9H2,1-3H3. The molecular formula is C15H17NO3. The molecule has 1 aliphatic rings. The van der Waals surface area contributed by atoms with E-state index in [-0.39, 0.29) is 5.97 Å². The number of esters is 1. The normalized spacial score (nSPS) is 13.8. The van der Waals surface area contributed by atoms with Crippen molar-refractivity contribution in [2.75, 3.05) is 20.3 Å². The maximum atomic E-state index is 11.8. The van der Waals surface area contributed by atoms with Crippen molar-refractivity contribution in [2.24, 2.45) is 4.99 Å². The first-order valence-electron chi connectivity index (χ1n) is 6.23. The fourth-order valence-corrected chi connectivity index (χ4v) is 1.99. The molecule has 0 bridgehead atoms. The Morgan fingerprint density at radius 3 is 2.89 bits per heavy atom. The van der Waals surface area contributed by atoms with E-state index >= 15 is 0 Å². The average molecular weight is 259 g/mol. The van der Waals surface area contributed by atoms with Gasteiger partial charge < -0.3 is 9.47 Å². The maximum absolute atomic E-state index is 11.8. The van der Waals surface area contributed by atoms with E-state index in [0.717, 1.165) is 22.6 Å². The zero-order valence-electron chi connectivity index (χ0n) is 11.4. The van der Waals surface area contributed by atoms with Crippen molar-refractivity contribution >= 4 is 17.8 Å². The summed E-state index contributed by atoms with van der Waals surface area (Å²) >= 11 is 0. The third-order valence-electron chi connectivity index (χ3n) is 3.00. The Bertz CT molecular complexity index is 559. The molecule has 0 radical (unpaired) electrons. The van der Waals surface area contributed by atoms with Crippen molar-refractivity contribution in [3.63, 3.8) is 0 Å². The largest absolute Gasteiger partial charge is 0.497 e. The molecule has 19 heavy (non-hydrogen) atoms. The number of aliphatic imine (C=N–C) groups is 1. The monoisotopic (exact) mass is 259 g/mol. The summed E-state index contributed by atoms with van der Waals surface area (Å²) in [5.41, 5.74) is 3.42. The molecule has 0 aromatic heterocycles. The summed E-state index contributed by atoms with van der Waals surface area (Å²) in [5, 5.41) is 0. The number of ether oxygens (including phenoxy) is 2. The lowest BCUT2D eigenvalue weighted by molar-refractivity contribution is -0.138. The number of carbonyl (C=O) groups excluding carboxylic acids is 1. The number of nitrogens with zero attached hydrogens (tertiary/aromatic N) is 1. The highest BCUT2D eigenvalue weighted by atomic mass is 16.5. The van der Waals surface area contributed by atoms with E-state index in [9.17, 15) is 4.79 Å². The van der Waals surface area contributed by atoms with Crippen molar-refractivity contribution in [1.29, 1.82) is 0 Å². The fourth-order valence-electron chi connectivity index (χ4n) is 1.99. The van der Waals surface area contributed by atoms with Crippen LogP contribution in [-0.2, 0) is 9.53 Å². The number of benzene rings is 1. The zero-order valence-corrected chi connectivity index (χ0v) is 11.4. The number of hydrogen-bond acceptors (Lipinski definition) is 4. The fraction of sp³-hybridized carbons (Fsp3) is 0.333. The molecule has 0 spiro atoms. The van der Waals surface area contributed by atoms with Gasteiger partial charge in [-0.15, -0.1) is 0 Å². The van der Waals surface area contributed by atoms with Crippen LogP contribution in [-0.4, -0.2) is 31.9 Å². The van der Waals surface area contributed by atoms with Gasteiger partial charge in [-0.25, -0.2) is 4.79 Å². The number of hydrogen-bond donors (Lipinski definition) is 0. The van der Waals surface area contributed by atoms with Gasteiger partial charge in [0, 0.05) is 11.3 Å². The van der Waals surface area contributed by atoms with E-state index in [1.54, 1.807) is 14.0 Å². The van der Waals surface area contributed by atoms with Crippen LogP contribution in [0.2, 0.25) is 0 Å². The molecule has 0 unspecified atom stereocenters. The number of carbonyl (C=O) groups is 1. The van der Waals surface area contributed by atoms with Crippen LogP contribution in [0.1, 0.15) is 25.0 Å². The Kier molecular flexibility index (Phi) is 4.00. The lowest BCUT2D eigenvalue weighted by Gasteiger charge is -2.07. The minimum Gasteiger partial charge on any atom is -0.497 e. The highest BCUT2D eigenvalue weighted by Gasteiger charge is 2.16. The molecule has 0 amide bonds. The number of methoxy groups -OCH3 is 1. The van der Waals surface area contributed by atoms with Crippen LogP contribution < -0.4 is 4.74 Å². The van der Waals surface area contributed by atoms with E-state index < -0.39 is 0 Å². The van der Waals surface area contributed by atoms with Crippen molar-refractivity contribution in [3.05, 3.63) is 34.9 Å². The Morgan fingerprint density at radius 1 is 1.42 bits per heavy atom. The molecule has 0 saturated carbocycles. The summed E-state index contributed by atoms with van der Waals surface area (Å²) in [7, 11) is 1.62. The van der Waals surface area contributed by atoms with Crippen LogP contribution in [0.5, 0.6) is 5.75 Å². The van der Waals surface area contributed by atoms with Crippen molar-refractivity contribution < 1.29 is 14.3 Å². The Morgan fingerprint density at radius 2 is 2.21 bits per heavy atom. The van der Waals surface area contributed by atoms with E-state index in [4.69, 9.17) is 9.47 Å². The van der Waals surface area contributed by atoms with Gasteiger partial charge >= 0.3 is 5.97 Å². The topological polar surface area (TPSA) is 47.9 Å². The molecule has 0 aliphatic carbocycles. The highest BCUT2D eigenvalue weighted by Crippen LogP contribution is 2.23. The van der Waals surface area contributed by atoms with E-state index in [1.807, 2.05) is 31.2 Å². The van der Waals surface area contributed by atoms with Gasteiger partial charge in [-0.3, -0.25) is 4.99 Å². The SMILES string of the molecule is CCOC(=O)C1=Cc2cc(OC)ccc2C(C)=NC1. The summed E-state index contributed by atoms with van der Waals surface area (Å²) in [6, 6.07) is 5.75. The molecule has 1 aromatic carbocycles. The first kappa shape index (κ1) is 13.3. The summed E-state index contributed by atoms with van der Waals surface area (Å²) in [5.74, 6) is 0.447. The molecule has 4 heteroatoms. The molecule has 100 valence electrons. The van der Waals surface area contributed by atoms with E-state index in [0.29, 0.717) is 18.7 Å². The summed E-state index contributed by atoms with van der Waals surface area (Å²) in [6.07, 6.45) is 1.83. The third kappa shape index (κ3) is 2.84. The van der Waals surface area contributed by atoms with Crippen LogP contribution >= 0.6 is 0 Å². The zero-order chi connectivity index (χ0) is 13.8. The molecule has 4 nitrogen and oxygen atoms in total. The van der Waals surface area contributed by atoms with Crippen LogP contribution in [0.15, 0.2) is 28.8 Å². The minimum atomic E-state index is -0.310. The summed E-state index contributed by atoms with van der Waals surface area (Å²) in [4.78, 5) is 16.2. The summed E-state index contributed by atoms with van der Waals surface area (Å²) in [6.45, 7) is 4.44. The Labute approximate surface area is 112 Å². The summed E-state index contributed by atoms with van der Waals surface area (Å²) < 4.78 is 10.3. The van der Waals surface area contributed by atoms with Crippen LogP contribution in [0.4, 0.5) is 0 Å². The highest BCUT2D eigenvalue weighted by molar-refractivity contribution is 6.05. The lowest BCUT2D eigenvalue weighted by Crippen LogP contribution is -2.09. The van der Waals surface area contributed by atoms with Crippen molar-refractivity contribution in [1.82, 2.24) is 0 Å². The Hall–Kier alpha value is -2.10. The smallest absolute Gasteiger partial charge is 0.335 e. The van der Waals surface area contributed by atoms with E-state index in [2.05, 4.69) is 4.99 Å². The van der Waals surface area contributed by atoms with Gasteiger partial charge in [-0.05, 0) is 43.7 Å². The van der Waals surface area contributed by atoms with Crippen molar-refractivity contribution in [2.45, 2.75) is 13.8 Å². The predicted molar refractivity (Wildman–Crippen MR) is 74.7 cm³/mol. The number of rotatable bonds is 3. The van der Waals surface area contributed by atoms with Gasteiger partial charge in [-0.2, -0.15) is 0 Å². The van der Waals surface area contributed by atoms with E-state index in [1.165, 1.54) is 0 Å². The first-order chi connectivity index (χ1) is 9.15. The quantitative estimate of drug-likeness (QED) is 0.783. The molecule has 0 saturated heterocycles. The molecule has 1 heterocycles. The number of fused-ring (bicyclic) bond motifs is 1. The predicted octanol–water partition coefficient (Wildman–Crippen LogP) is 2.46. The molecule has 0 atom stereocenters. The van der Waals surface area contributed by atoms with Crippen molar-refractivity contribution in [3.8, 4) is 5.75 Å². The molecule has 2 rings (SSSR count). The molecule has 0 N–H and O–H groups in total. The molecule has 0 fully saturated rings. The van der Waals surface area contributed by atoms with Gasteiger partial charge in [0.15, 0.2) is 0 Å². The van der Waals surface area contributed by atoms with Gasteiger partial charge in [0.05, 0.1) is 25.8 Å². The molecule has 1 aliphatic heterocycles. The van der Waals surface area contributed by atoms with Crippen LogP contribution in [0, 0.1) is 0 Å². The molecular weight excluding hydrogens is 242 g/mol. The van der Waals surface area contributed by atoms with Gasteiger partial charge in [0.1, 0.15) is 5.75 Å². The Balaban J connectivity index is 2.46. The maximum Gasteiger partial charge on any atom is 0.335 e. The lowest BCUT2D eigenvalue weighted by atomic mass is 10.0. The van der Waals surface area contributed by atoms with Gasteiger partial charge in [0.25, 0.3) is 0 Å². The second-order valence-corrected chi connectivity index (χ2v) is 4.24. The molecule has 1 aromatic rings. The third-order valence-corrected chi connectivity index (χ3v) is 3.00. The van der Waals surface area contributed by atoms with Crippen LogP contribution in [0.25, 0.3) is 6.08 Å². The first-order valence-corrected chi connectivity index (χ1v) is 6.23. The van der Waals surface area contributed by atoms with Gasteiger partial charge in [0.2, 0.25) is 0 Å². The van der Waals surface area contributed by atoms with Crippen LogP contribution in [0.3, 0.4) is 0 Å². The second-order valence-electron chi connectivity index (χ2n) is 4.24.